The van der Waals surface area contributed by atoms with Crippen LogP contribution in [0.25, 0.3) is 4.96 Å². The molecule has 0 fully saturated rings. The smallest absolute Gasteiger partial charge is 0.193 e. The Morgan fingerprint density at radius 2 is 2.44 bits per heavy atom. The maximum atomic E-state index is 4.53. The van der Waals surface area contributed by atoms with Gasteiger partial charge >= 0.3 is 0 Å². The lowest BCUT2D eigenvalue weighted by Gasteiger charge is -2.09. The quantitative estimate of drug-likeness (QED) is 0.837. The average Bonchev–Trinajstić information content (AvgIpc) is 2.78. The van der Waals surface area contributed by atoms with Gasteiger partial charge in [0.2, 0.25) is 0 Å². The van der Waals surface area contributed by atoms with Crippen LogP contribution in [-0.4, -0.2) is 15.9 Å². The van der Waals surface area contributed by atoms with Crippen molar-refractivity contribution < 1.29 is 0 Å². The molecule has 0 saturated heterocycles. The second-order valence-electron chi connectivity index (χ2n) is 4.35. The summed E-state index contributed by atoms with van der Waals surface area (Å²) in [6.45, 7) is 6.49. The van der Waals surface area contributed by atoms with E-state index in [0.29, 0.717) is 0 Å². The van der Waals surface area contributed by atoms with Gasteiger partial charge in [-0.3, -0.25) is 4.40 Å². The molecule has 4 heteroatoms. The molecule has 0 spiro atoms. The van der Waals surface area contributed by atoms with Crippen LogP contribution in [0, 0.1) is 5.92 Å². The third kappa shape index (κ3) is 2.83. The van der Waals surface area contributed by atoms with E-state index < -0.39 is 0 Å². The maximum absolute atomic E-state index is 4.53. The number of nitrogens with one attached hydrogen (secondary N) is 1. The highest BCUT2D eigenvalue weighted by Gasteiger charge is 2.03. The Balaban J connectivity index is 1.80. The highest BCUT2D eigenvalue weighted by molar-refractivity contribution is 7.15. The van der Waals surface area contributed by atoms with Gasteiger partial charge in [-0.1, -0.05) is 20.3 Å². The van der Waals surface area contributed by atoms with Crippen LogP contribution < -0.4 is 5.32 Å². The molecule has 0 aliphatic heterocycles. The molecule has 0 aliphatic rings. The lowest BCUT2D eigenvalue weighted by atomic mass is 10.1. The number of fused-ring (bicyclic) bond motifs is 1. The van der Waals surface area contributed by atoms with Crippen molar-refractivity contribution in [1.82, 2.24) is 14.7 Å². The number of thiazole rings is 1. The summed E-state index contributed by atoms with van der Waals surface area (Å²) in [6, 6.07) is 0. The van der Waals surface area contributed by atoms with Gasteiger partial charge in [0.05, 0.1) is 5.69 Å². The van der Waals surface area contributed by atoms with Crippen molar-refractivity contribution >= 4 is 16.3 Å². The molecular weight excluding hydrogens is 218 g/mol. The summed E-state index contributed by atoms with van der Waals surface area (Å²) in [5.41, 5.74) is 1.13. The molecule has 1 N–H and O–H groups in total. The first-order valence-corrected chi connectivity index (χ1v) is 6.79. The molecule has 1 atom stereocenters. The van der Waals surface area contributed by atoms with Crippen LogP contribution in [0.1, 0.15) is 32.4 Å². The number of hydrogen-bond acceptors (Lipinski definition) is 3. The van der Waals surface area contributed by atoms with Crippen molar-refractivity contribution in [1.29, 1.82) is 0 Å². The first-order valence-electron chi connectivity index (χ1n) is 5.91. The standard InChI is InChI=1S/C12H19N3S/c1-3-4-10(2)7-13-8-11-9-15-5-6-16-12(15)14-11/h5-6,9-10,13H,3-4,7-8H2,1-2H3. The normalized spacial score (nSPS) is 13.4. The number of nitrogens with zero attached hydrogens (tertiary/aromatic N) is 2. The van der Waals surface area contributed by atoms with Crippen LogP contribution in [0.5, 0.6) is 0 Å². The molecule has 88 valence electrons. The zero-order valence-electron chi connectivity index (χ0n) is 9.94. The predicted octanol–water partition coefficient (Wildman–Crippen LogP) is 2.92. The van der Waals surface area contributed by atoms with Gasteiger partial charge < -0.3 is 5.32 Å². The monoisotopic (exact) mass is 237 g/mol. The summed E-state index contributed by atoms with van der Waals surface area (Å²) in [7, 11) is 0. The van der Waals surface area contributed by atoms with E-state index in [9.17, 15) is 0 Å². The second kappa shape index (κ2) is 5.46. The van der Waals surface area contributed by atoms with Crippen molar-refractivity contribution in [2.75, 3.05) is 6.54 Å². The van der Waals surface area contributed by atoms with E-state index in [-0.39, 0.29) is 0 Å². The highest BCUT2D eigenvalue weighted by Crippen LogP contribution is 2.11. The molecule has 0 bridgehead atoms. The molecule has 0 aromatic carbocycles. The van der Waals surface area contributed by atoms with Crippen LogP contribution >= 0.6 is 11.3 Å². The Morgan fingerprint density at radius 3 is 3.19 bits per heavy atom. The van der Waals surface area contributed by atoms with Crippen LogP contribution in [0.4, 0.5) is 0 Å². The fraction of sp³-hybridized carbons (Fsp3) is 0.583. The summed E-state index contributed by atoms with van der Waals surface area (Å²) in [5, 5.41) is 5.52. The average molecular weight is 237 g/mol. The molecule has 2 rings (SSSR count). The van der Waals surface area contributed by atoms with Crippen molar-refractivity contribution in [3.63, 3.8) is 0 Å². The van der Waals surface area contributed by atoms with Gasteiger partial charge in [0.15, 0.2) is 4.96 Å². The molecule has 0 amide bonds. The van der Waals surface area contributed by atoms with Crippen LogP contribution in [0.15, 0.2) is 17.8 Å². The van der Waals surface area contributed by atoms with Crippen molar-refractivity contribution in [2.24, 2.45) is 5.92 Å². The van der Waals surface area contributed by atoms with E-state index in [4.69, 9.17) is 0 Å². The molecule has 0 saturated carbocycles. The first-order chi connectivity index (χ1) is 7.79. The SMILES string of the molecule is CCCC(C)CNCc1cn2ccsc2n1. The van der Waals surface area contributed by atoms with Crippen LogP contribution in [0.2, 0.25) is 0 Å². The summed E-state index contributed by atoms with van der Waals surface area (Å²) in [4.78, 5) is 5.62. The minimum Gasteiger partial charge on any atom is -0.311 e. The molecule has 1 unspecified atom stereocenters. The highest BCUT2D eigenvalue weighted by atomic mass is 32.1. The van der Waals surface area contributed by atoms with E-state index in [1.807, 2.05) is 0 Å². The van der Waals surface area contributed by atoms with E-state index >= 15 is 0 Å². The minimum atomic E-state index is 0.758. The van der Waals surface area contributed by atoms with Crippen molar-refractivity contribution in [3.05, 3.63) is 23.5 Å². The summed E-state index contributed by atoms with van der Waals surface area (Å²) in [6.07, 6.45) is 6.72. The summed E-state index contributed by atoms with van der Waals surface area (Å²) >= 11 is 1.68. The molecule has 16 heavy (non-hydrogen) atoms. The van der Waals surface area contributed by atoms with Gasteiger partial charge in [0.25, 0.3) is 0 Å². The molecule has 0 radical (unpaired) electrons. The lowest BCUT2D eigenvalue weighted by Crippen LogP contribution is -2.20. The minimum absolute atomic E-state index is 0.758. The Morgan fingerprint density at radius 1 is 1.56 bits per heavy atom. The number of imidazole rings is 1. The van der Waals surface area contributed by atoms with Gasteiger partial charge in [-0.15, -0.1) is 11.3 Å². The van der Waals surface area contributed by atoms with E-state index in [1.54, 1.807) is 11.3 Å². The Hall–Kier alpha value is -0.870. The molecule has 2 aromatic heterocycles. The van der Waals surface area contributed by atoms with Gasteiger partial charge in [-0.25, -0.2) is 4.98 Å². The Kier molecular flexibility index (Phi) is 3.96. The second-order valence-corrected chi connectivity index (χ2v) is 5.22. The molecule has 3 nitrogen and oxygen atoms in total. The number of hydrogen-bond donors (Lipinski definition) is 1. The molecule has 0 aliphatic carbocycles. The topological polar surface area (TPSA) is 29.3 Å². The fourth-order valence-corrected chi connectivity index (χ4v) is 2.62. The van der Waals surface area contributed by atoms with Crippen LogP contribution in [0.3, 0.4) is 0 Å². The van der Waals surface area contributed by atoms with Gasteiger partial charge in [0.1, 0.15) is 0 Å². The van der Waals surface area contributed by atoms with Crippen molar-refractivity contribution in [3.8, 4) is 0 Å². The largest absolute Gasteiger partial charge is 0.311 e. The number of aromatic nitrogens is 2. The van der Waals surface area contributed by atoms with Crippen LogP contribution in [-0.2, 0) is 6.54 Å². The first kappa shape index (κ1) is 11.6. The fourth-order valence-electron chi connectivity index (χ4n) is 1.90. The van der Waals surface area contributed by atoms with Gasteiger partial charge in [-0.05, 0) is 18.9 Å². The number of rotatable bonds is 6. The van der Waals surface area contributed by atoms with Gasteiger partial charge in [0, 0.05) is 24.3 Å². The molecule has 2 heterocycles. The van der Waals surface area contributed by atoms with Gasteiger partial charge in [-0.2, -0.15) is 0 Å². The molecule has 2 aromatic rings. The maximum Gasteiger partial charge on any atom is 0.193 e. The van der Waals surface area contributed by atoms with Crippen molar-refractivity contribution in [2.45, 2.75) is 33.2 Å². The predicted molar refractivity (Wildman–Crippen MR) is 68.8 cm³/mol. The summed E-state index contributed by atoms with van der Waals surface area (Å²) < 4.78 is 2.08. The Bertz CT molecular complexity index is 404. The third-order valence-corrected chi connectivity index (χ3v) is 3.49. The lowest BCUT2D eigenvalue weighted by molar-refractivity contribution is 0.474. The molecular formula is C12H19N3S. The Labute approximate surface area is 101 Å². The third-order valence-electron chi connectivity index (χ3n) is 2.72. The van der Waals surface area contributed by atoms with E-state index in [2.05, 4.69) is 46.3 Å². The van der Waals surface area contributed by atoms with E-state index in [1.165, 1.54) is 12.8 Å². The summed E-state index contributed by atoms with van der Waals surface area (Å²) in [5.74, 6) is 0.758. The van der Waals surface area contributed by atoms with E-state index in [0.717, 1.165) is 29.7 Å². The zero-order valence-corrected chi connectivity index (χ0v) is 10.8. The zero-order chi connectivity index (χ0) is 11.4.